The highest BCUT2D eigenvalue weighted by Gasteiger charge is 2.27. The van der Waals surface area contributed by atoms with E-state index in [2.05, 4.69) is 15.3 Å². The van der Waals surface area contributed by atoms with Crippen molar-refractivity contribution in [3.05, 3.63) is 59.4 Å². The Kier molecular flexibility index (Phi) is 7.74. The van der Waals surface area contributed by atoms with Crippen molar-refractivity contribution < 1.29 is 19.1 Å². The van der Waals surface area contributed by atoms with Crippen LogP contribution in [0.15, 0.2) is 48.1 Å². The van der Waals surface area contributed by atoms with Gasteiger partial charge in [0.1, 0.15) is 5.01 Å². The van der Waals surface area contributed by atoms with Crippen LogP contribution >= 0.6 is 11.3 Å². The number of nitrogens with one attached hydrogen (secondary N) is 1. The molecule has 1 aliphatic rings. The minimum Gasteiger partial charge on any atom is -0.493 e. The zero-order valence-electron chi connectivity index (χ0n) is 19.3. The second-order valence-corrected chi connectivity index (χ2v) is 8.98. The molecule has 0 atom stereocenters. The van der Waals surface area contributed by atoms with Gasteiger partial charge in [-0.05, 0) is 42.7 Å². The number of methoxy groups -OCH3 is 2. The zero-order chi connectivity index (χ0) is 23.9. The van der Waals surface area contributed by atoms with Crippen molar-refractivity contribution >= 4 is 23.2 Å². The number of aromatic nitrogens is 2. The normalized spacial score (nSPS) is 14.0. The molecule has 0 unspecified atom stereocenters. The molecule has 0 bridgehead atoms. The summed E-state index contributed by atoms with van der Waals surface area (Å²) in [5, 5.41) is 5.72. The number of nitrogens with zero attached hydrogens (tertiary/aromatic N) is 3. The molecule has 1 N–H and O–H groups in total. The molecule has 1 aliphatic heterocycles. The highest BCUT2D eigenvalue weighted by Crippen LogP contribution is 2.33. The van der Waals surface area contributed by atoms with Crippen LogP contribution in [0.3, 0.4) is 0 Å². The van der Waals surface area contributed by atoms with Crippen molar-refractivity contribution in [1.29, 1.82) is 0 Å². The molecule has 1 saturated heterocycles. The summed E-state index contributed by atoms with van der Waals surface area (Å²) < 4.78 is 10.7. The third-order valence-electron chi connectivity index (χ3n) is 5.92. The van der Waals surface area contributed by atoms with E-state index in [4.69, 9.17) is 9.47 Å². The van der Waals surface area contributed by atoms with E-state index in [9.17, 15) is 9.59 Å². The van der Waals surface area contributed by atoms with Crippen LogP contribution in [-0.4, -0.2) is 54.0 Å². The minimum absolute atomic E-state index is 0.0371. The summed E-state index contributed by atoms with van der Waals surface area (Å²) in [5.74, 6) is 1.30. The first-order valence-corrected chi connectivity index (χ1v) is 12.1. The summed E-state index contributed by atoms with van der Waals surface area (Å²) in [4.78, 5) is 35.9. The van der Waals surface area contributed by atoms with Crippen molar-refractivity contribution in [3.63, 3.8) is 0 Å². The molecule has 178 valence electrons. The van der Waals surface area contributed by atoms with Gasteiger partial charge in [0.25, 0.3) is 0 Å². The molecule has 1 fully saturated rings. The molecule has 2 amide bonds. The van der Waals surface area contributed by atoms with Gasteiger partial charge in [0.15, 0.2) is 11.5 Å². The second kappa shape index (κ2) is 11.1. The molecule has 1 aromatic carbocycles. The van der Waals surface area contributed by atoms with E-state index >= 15 is 0 Å². The van der Waals surface area contributed by atoms with Crippen LogP contribution in [0.2, 0.25) is 0 Å². The maximum Gasteiger partial charge on any atom is 0.228 e. The first kappa shape index (κ1) is 23.7. The third-order valence-corrected chi connectivity index (χ3v) is 6.86. The van der Waals surface area contributed by atoms with Crippen LogP contribution in [0.5, 0.6) is 11.5 Å². The molecular weight excluding hydrogens is 452 g/mol. The summed E-state index contributed by atoms with van der Waals surface area (Å²) in [6.45, 7) is 1.63. The fourth-order valence-electron chi connectivity index (χ4n) is 3.98. The predicted molar refractivity (Wildman–Crippen MR) is 130 cm³/mol. The van der Waals surface area contributed by atoms with Crippen molar-refractivity contribution in [1.82, 2.24) is 20.2 Å². The molecule has 0 radical (unpaired) electrons. The summed E-state index contributed by atoms with van der Waals surface area (Å²) in [5.41, 5.74) is 2.63. The predicted octanol–water partition coefficient (Wildman–Crippen LogP) is 3.32. The van der Waals surface area contributed by atoms with E-state index in [1.807, 2.05) is 40.6 Å². The molecule has 3 aromatic rings. The van der Waals surface area contributed by atoms with Gasteiger partial charge in [0, 0.05) is 48.9 Å². The SMILES string of the molecule is COc1ccc(-c2nc(CC(=O)N3CCC(C(=O)NCc4cccnc4)CC3)cs2)cc1OC. The number of hydrogen-bond acceptors (Lipinski definition) is 7. The van der Waals surface area contributed by atoms with E-state index in [1.165, 1.54) is 11.3 Å². The Balaban J connectivity index is 1.27. The van der Waals surface area contributed by atoms with E-state index in [1.54, 1.807) is 26.6 Å². The highest BCUT2D eigenvalue weighted by molar-refractivity contribution is 7.13. The second-order valence-electron chi connectivity index (χ2n) is 8.12. The Morgan fingerprint density at radius 2 is 1.94 bits per heavy atom. The number of thiazole rings is 1. The van der Waals surface area contributed by atoms with Gasteiger partial charge < -0.3 is 19.7 Å². The van der Waals surface area contributed by atoms with Gasteiger partial charge in [-0.25, -0.2) is 4.98 Å². The number of benzene rings is 1. The van der Waals surface area contributed by atoms with Crippen molar-refractivity contribution in [2.75, 3.05) is 27.3 Å². The smallest absolute Gasteiger partial charge is 0.228 e. The van der Waals surface area contributed by atoms with Crippen molar-refractivity contribution in [3.8, 4) is 22.1 Å². The number of rotatable bonds is 8. The van der Waals surface area contributed by atoms with E-state index in [0.29, 0.717) is 44.0 Å². The monoisotopic (exact) mass is 480 g/mol. The third kappa shape index (κ3) is 5.72. The summed E-state index contributed by atoms with van der Waals surface area (Å²) >= 11 is 1.50. The number of ether oxygens (including phenoxy) is 2. The molecular formula is C25H28N4O4S. The maximum atomic E-state index is 12.8. The number of piperidine rings is 1. The highest BCUT2D eigenvalue weighted by atomic mass is 32.1. The van der Waals surface area contributed by atoms with Gasteiger partial charge in [-0.1, -0.05) is 6.07 Å². The van der Waals surface area contributed by atoms with Crippen LogP contribution in [0.1, 0.15) is 24.1 Å². The van der Waals surface area contributed by atoms with Gasteiger partial charge in [-0.15, -0.1) is 11.3 Å². The molecule has 3 heterocycles. The van der Waals surface area contributed by atoms with Gasteiger partial charge >= 0.3 is 0 Å². The number of carbonyl (C=O) groups is 2. The van der Waals surface area contributed by atoms with Crippen LogP contribution in [0.25, 0.3) is 10.6 Å². The molecule has 0 aliphatic carbocycles. The summed E-state index contributed by atoms with van der Waals surface area (Å²) in [6, 6.07) is 9.44. The number of pyridine rings is 1. The van der Waals surface area contributed by atoms with Crippen molar-refractivity contribution in [2.45, 2.75) is 25.8 Å². The Morgan fingerprint density at radius 1 is 1.15 bits per heavy atom. The van der Waals surface area contributed by atoms with Crippen molar-refractivity contribution in [2.24, 2.45) is 5.92 Å². The molecule has 4 rings (SSSR count). The maximum absolute atomic E-state index is 12.8. The van der Waals surface area contributed by atoms with Gasteiger partial charge in [0.05, 0.1) is 26.3 Å². The largest absolute Gasteiger partial charge is 0.493 e. The van der Waals surface area contributed by atoms with Crippen LogP contribution < -0.4 is 14.8 Å². The number of amides is 2. The van der Waals surface area contributed by atoms with E-state index in [0.717, 1.165) is 21.8 Å². The lowest BCUT2D eigenvalue weighted by molar-refractivity contribution is -0.135. The fourth-order valence-corrected chi connectivity index (χ4v) is 4.80. The number of hydrogen-bond donors (Lipinski definition) is 1. The van der Waals surface area contributed by atoms with Crippen LogP contribution in [0, 0.1) is 5.92 Å². The van der Waals surface area contributed by atoms with E-state index < -0.39 is 0 Å². The average molecular weight is 481 g/mol. The first-order valence-electron chi connectivity index (χ1n) is 11.2. The van der Waals surface area contributed by atoms with Gasteiger partial charge in [0.2, 0.25) is 11.8 Å². The standard InChI is InChI=1S/C25H28N4O4S/c1-32-21-6-5-19(12-22(21)33-2)25-28-20(16-34-25)13-23(30)29-10-7-18(8-11-29)24(31)27-15-17-4-3-9-26-14-17/h3-6,9,12,14,16,18H,7-8,10-11,13,15H2,1-2H3,(H,27,31). The quantitative estimate of drug-likeness (QED) is 0.532. The van der Waals surface area contributed by atoms with Crippen LogP contribution in [0.4, 0.5) is 0 Å². The molecule has 34 heavy (non-hydrogen) atoms. The first-order chi connectivity index (χ1) is 16.6. The Morgan fingerprint density at radius 3 is 2.65 bits per heavy atom. The minimum atomic E-state index is -0.0725. The number of carbonyl (C=O) groups excluding carboxylic acids is 2. The van der Waals surface area contributed by atoms with Crippen LogP contribution in [-0.2, 0) is 22.6 Å². The average Bonchev–Trinajstić information content (AvgIpc) is 3.36. The number of likely N-dealkylation sites (tertiary alicyclic amines) is 1. The summed E-state index contributed by atoms with van der Waals surface area (Å²) in [6.07, 6.45) is 5.04. The topological polar surface area (TPSA) is 93.7 Å². The molecule has 9 heteroatoms. The Labute approximate surface area is 202 Å². The molecule has 8 nitrogen and oxygen atoms in total. The molecule has 0 spiro atoms. The van der Waals surface area contributed by atoms with Gasteiger partial charge in [-0.2, -0.15) is 0 Å². The van der Waals surface area contributed by atoms with Gasteiger partial charge in [-0.3, -0.25) is 14.6 Å². The molecule has 2 aromatic heterocycles. The fraction of sp³-hybridized carbons (Fsp3) is 0.360. The lowest BCUT2D eigenvalue weighted by atomic mass is 9.95. The lowest BCUT2D eigenvalue weighted by Gasteiger charge is -2.31. The van der Waals surface area contributed by atoms with E-state index in [-0.39, 0.29) is 24.2 Å². The summed E-state index contributed by atoms with van der Waals surface area (Å²) in [7, 11) is 3.20. The Hall–Kier alpha value is -3.46. The molecule has 0 saturated carbocycles. The zero-order valence-corrected chi connectivity index (χ0v) is 20.1. The Bertz CT molecular complexity index is 1130. The lowest BCUT2D eigenvalue weighted by Crippen LogP contribution is -2.43.